The molecule has 1 amide bonds. The van der Waals surface area contributed by atoms with Crippen LogP contribution in [0.5, 0.6) is 5.88 Å². The number of amides is 1. The molecule has 0 bridgehead atoms. The number of carbonyl (C=O) groups excluding carboxylic acids is 1. The summed E-state index contributed by atoms with van der Waals surface area (Å²) >= 11 is 0. The van der Waals surface area contributed by atoms with E-state index in [0.29, 0.717) is 47.6 Å². The molecule has 32 heavy (non-hydrogen) atoms. The van der Waals surface area contributed by atoms with Gasteiger partial charge in [0.25, 0.3) is 11.8 Å². The number of aromatic nitrogens is 6. The molecule has 0 aliphatic carbocycles. The Labute approximate surface area is 183 Å². The standard InChI is InChI=1S/C22H21N7O3/c1-3-31-20-16(5-4-9-23-20)21-26-19(27-32-21)17-8-12-28(17)22(30)15-7-6-14(2)13-18(15)29-24-10-11-25-29/h4-7,9-11,13,17H,3,8,12H2,1-2H3. The van der Waals surface area contributed by atoms with Crippen LogP contribution in [0.25, 0.3) is 17.1 Å². The summed E-state index contributed by atoms with van der Waals surface area (Å²) in [6.07, 6.45) is 5.56. The van der Waals surface area contributed by atoms with Gasteiger partial charge in [0.05, 0.1) is 36.3 Å². The minimum absolute atomic E-state index is 0.128. The van der Waals surface area contributed by atoms with E-state index in [4.69, 9.17) is 9.26 Å². The Morgan fingerprint density at radius 3 is 2.81 bits per heavy atom. The molecule has 10 nitrogen and oxygen atoms in total. The van der Waals surface area contributed by atoms with Gasteiger partial charge in [-0.2, -0.15) is 20.0 Å². The lowest BCUT2D eigenvalue weighted by Gasteiger charge is -2.39. The first-order valence-corrected chi connectivity index (χ1v) is 10.4. The Bertz CT molecular complexity index is 1250. The van der Waals surface area contributed by atoms with Gasteiger partial charge < -0.3 is 14.2 Å². The average Bonchev–Trinajstić information content (AvgIpc) is 3.46. The van der Waals surface area contributed by atoms with Gasteiger partial charge in [-0.1, -0.05) is 11.2 Å². The zero-order valence-corrected chi connectivity index (χ0v) is 17.7. The van der Waals surface area contributed by atoms with Crippen LogP contribution < -0.4 is 4.74 Å². The Hall–Kier alpha value is -4.08. The largest absolute Gasteiger partial charge is 0.477 e. The normalized spacial score (nSPS) is 15.4. The van der Waals surface area contributed by atoms with Crippen molar-refractivity contribution in [3.8, 4) is 23.0 Å². The molecule has 0 radical (unpaired) electrons. The lowest BCUT2D eigenvalue weighted by atomic mass is 9.99. The lowest BCUT2D eigenvalue weighted by molar-refractivity contribution is 0.0435. The number of aryl methyl sites for hydroxylation is 1. The zero-order chi connectivity index (χ0) is 22.1. The fraction of sp³-hybridized carbons (Fsp3) is 0.273. The van der Waals surface area contributed by atoms with Crippen LogP contribution in [0.2, 0.25) is 0 Å². The maximum Gasteiger partial charge on any atom is 0.263 e. The predicted molar refractivity (Wildman–Crippen MR) is 113 cm³/mol. The summed E-state index contributed by atoms with van der Waals surface area (Å²) < 4.78 is 11.0. The van der Waals surface area contributed by atoms with E-state index in [2.05, 4.69) is 25.3 Å². The number of hydrogen-bond donors (Lipinski definition) is 0. The van der Waals surface area contributed by atoms with Crippen LogP contribution in [0.3, 0.4) is 0 Å². The van der Waals surface area contributed by atoms with Crippen molar-refractivity contribution < 1.29 is 14.1 Å². The first-order valence-electron chi connectivity index (χ1n) is 10.4. The maximum atomic E-state index is 13.4. The number of pyridine rings is 1. The number of ether oxygens (including phenoxy) is 1. The number of likely N-dealkylation sites (tertiary alicyclic amines) is 1. The minimum Gasteiger partial charge on any atom is -0.477 e. The predicted octanol–water partition coefficient (Wildman–Crippen LogP) is 3.01. The van der Waals surface area contributed by atoms with E-state index in [1.54, 1.807) is 35.6 Å². The summed E-state index contributed by atoms with van der Waals surface area (Å²) in [7, 11) is 0. The SMILES string of the molecule is CCOc1ncccc1-c1nc(C2CCN2C(=O)c2ccc(C)cc2-n2nccn2)no1. The highest BCUT2D eigenvalue weighted by molar-refractivity contribution is 5.98. The molecule has 0 N–H and O–H groups in total. The van der Waals surface area contributed by atoms with Crippen molar-refractivity contribution in [3.63, 3.8) is 0 Å². The highest BCUT2D eigenvalue weighted by Gasteiger charge is 2.38. The van der Waals surface area contributed by atoms with E-state index in [0.717, 1.165) is 12.0 Å². The first-order chi connectivity index (χ1) is 15.7. The number of carbonyl (C=O) groups is 1. The number of rotatable bonds is 6. The fourth-order valence-corrected chi connectivity index (χ4v) is 3.67. The monoisotopic (exact) mass is 431 g/mol. The minimum atomic E-state index is -0.271. The van der Waals surface area contributed by atoms with Crippen LogP contribution in [0.4, 0.5) is 0 Å². The Balaban J connectivity index is 1.42. The molecule has 1 aromatic carbocycles. The van der Waals surface area contributed by atoms with Gasteiger partial charge in [0, 0.05) is 12.7 Å². The molecule has 5 rings (SSSR count). The maximum absolute atomic E-state index is 13.4. The second-order valence-electron chi connectivity index (χ2n) is 7.39. The first kappa shape index (κ1) is 19.9. The van der Waals surface area contributed by atoms with Crippen molar-refractivity contribution in [2.45, 2.75) is 26.3 Å². The summed E-state index contributed by atoms with van der Waals surface area (Å²) in [4.78, 5) is 25.4. The molecule has 1 atom stereocenters. The molecule has 3 aromatic heterocycles. The van der Waals surface area contributed by atoms with Crippen LogP contribution in [-0.2, 0) is 0 Å². The molecule has 10 heteroatoms. The number of nitrogens with zero attached hydrogens (tertiary/aromatic N) is 7. The Kier molecular flexibility index (Phi) is 5.10. The molecule has 4 heterocycles. The van der Waals surface area contributed by atoms with Crippen molar-refractivity contribution in [2.24, 2.45) is 0 Å². The Morgan fingerprint density at radius 2 is 2.06 bits per heavy atom. The summed E-state index contributed by atoms with van der Waals surface area (Å²) in [5.41, 5.74) is 2.79. The van der Waals surface area contributed by atoms with E-state index in [1.165, 1.54) is 4.80 Å². The smallest absolute Gasteiger partial charge is 0.263 e. The van der Waals surface area contributed by atoms with Gasteiger partial charge in [-0.05, 0) is 50.1 Å². The van der Waals surface area contributed by atoms with Gasteiger partial charge in [-0.15, -0.1) is 0 Å². The van der Waals surface area contributed by atoms with Crippen molar-refractivity contribution >= 4 is 5.91 Å². The van der Waals surface area contributed by atoms with Gasteiger partial charge in [-0.25, -0.2) is 4.98 Å². The van der Waals surface area contributed by atoms with E-state index in [1.807, 2.05) is 32.0 Å². The molecule has 4 aromatic rings. The third-order valence-electron chi connectivity index (χ3n) is 5.32. The zero-order valence-electron chi connectivity index (χ0n) is 17.7. The van der Waals surface area contributed by atoms with E-state index >= 15 is 0 Å². The highest BCUT2D eigenvalue weighted by Crippen LogP contribution is 2.35. The number of benzene rings is 1. The molecule has 1 aliphatic rings. The fourth-order valence-electron chi connectivity index (χ4n) is 3.67. The molecule has 0 spiro atoms. The summed E-state index contributed by atoms with van der Waals surface area (Å²) in [6.45, 7) is 4.92. The molecule has 1 fully saturated rings. The van der Waals surface area contributed by atoms with Crippen molar-refractivity contribution in [1.82, 2.24) is 35.0 Å². The van der Waals surface area contributed by atoms with Crippen LogP contribution in [0.15, 0.2) is 53.4 Å². The molecular weight excluding hydrogens is 410 g/mol. The molecular formula is C22H21N7O3. The van der Waals surface area contributed by atoms with Gasteiger partial charge in [0.1, 0.15) is 5.56 Å². The lowest BCUT2D eigenvalue weighted by Crippen LogP contribution is -2.45. The van der Waals surface area contributed by atoms with Gasteiger partial charge in [0.15, 0.2) is 5.82 Å². The van der Waals surface area contributed by atoms with E-state index < -0.39 is 0 Å². The Morgan fingerprint density at radius 1 is 1.22 bits per heavy atom. The van der Waals surface area contributed by atoms with E-state index in [9.17, 15) is 4.79 Å². The van der Waals surface area contributed by atoms with Gasteiger partial charge >= 0.3 is 0 Å². The van der Waals surface area contributed by atoms with Gasteiger partial charge in [0.2, 0.25) is 5.88 Å². The van der Waals surface area contributed by atoms with Gasteiger partial charge in [-0.3, -0.25) is 4.79 Å². The van der Waals surface area contributed by atoms with E-state index in [-0.39, 0.29) is 11.9 Å². The second-order valence-corrected chi connectivity index (χ2v) is 7.39. The third kappa shape index (κ3) is 3.49. The molecule has 1 aliphatic heterocycles. The molecule has 162 valence electrons. The summed E-state index contributed by atoms with van der Waals surface area (Å²) in [5, 5.41) is 12.5. The number of hydrogen-bond acceptors (Lipinski definition) is 8. The topological polar surface area (TPSA) is 112 Å². The average molecular weight is 431 g/mol. The van der Waals surface area contributed by atoms with Crippen LogP contribution in [0.1, 0.15) is 41.1 Å². The van der Waals surface area contributed by atoms with Crippen molar-refractivity contribution in [1.29, 1.82) is 0 Å². The van der Waals surface area contributed by atoms with Crippen molar-refractivity contribution in [2.75, 3.05) is 13.2 Å². The molecule has 1 saturated heterocycles. The molecule has 0 saturated carbocycles. The summed E-state index contributed by atoms with van der Waals surface area (Å²) in [5.74, 6) is 1.07. The second kappa shape index (κ2) is 8.22. The van der Waals surface area contributed by atoms with Crippen LogP contribution in [0, 0.1) is 6.92 Å². The quantitative estimate of drug-likeness (QED) is 0.458. The van der Waals surface area contributed by atoms with Crippen LogP contribution >= 0.6 is 0 Å². The third-order valence-corrected chi connectivity index (χ3v) is 5.32. The summed E-state index contributed by atoms with van der Waals surface area (Å²) in [6, 6.07) is 8.92. The van der Waals surface area contributed by atoms with Crippen LogP contribution in [-0.4, -0.2) is 54.1 Å². The molecule has 1 unspecified atom stereocenters. The highest BCUT2D eigenvalue weighted by atomic mass is 16.5. The van der Waals surface area contributed by atoms with Crippen molar-refractivity contribution in [3.05, 3.63) is 65.9 Å².